The van der Waals surface area contributed by atoms with E-state index in [-0.39, 0.29) is 18.6 Å². The van der Waals surface area contributed by atoms with Crippen LogP contribution in [0, 0.1) is 5.92 Å². The van der Waals surface area contributed by atoms with Gasteiger partial charge in [-0.25, -0.2) is 0 Å². The van der Waals surface area contributed by atoms with Gasteiger partial charge in [0.05, 0.1) is 19.1 Å². The van der Waals surface area contributed by atoms with Crippen molar-refractivity contribution >= 4 is 11.9 Å². The van der Waals surface area contributed by atoms with E-state index in [1.54, 1.807) is 30.2 Å². The number of amides is 1. The fraction of sp³-hybridized carbons (Fsp3) is 0.579. The number of carboxylic acids is 1. The molecule has 0 radical (unpaired) electrons. The lowest BCUT2D eigenvalue weighted by atomic mass is 9.97. The molecule has 0 aromatic heterocycles. The van der Waals surface area contributed by atoms with E-state index in [1.165, 1.54) is 0 Å². The Morgan fingerprint density at radius 1 is 1.12 bits per heavy atom. The highest BCUT2D eigenvalue weighted by Crippen LogP contribution is 2.33. The molecule has 2 fully saturated rings. The van der Waals surface area contributed by atoms with Crippen molar-refractivity contribution in [3.8, 4) is 11.5 Å². The van der Waals surface area contributed by atoms with Gasteiger partial charge in [0, 0.05) is 18.7 Å². The summed E-state index contributed by atoms with van der Waals surface area (Å²) in [6.07, 6.45) is 5.88. The SMILES string of the molecule is COc1ccc(C(=O)N2CCC[C@H](C(=O)O)C2)cc1OC1CCCC1. The second kappa shape index (κ2) is 7.76. The number of ether oxygens (including phenoxy) is 2. The maximum atomic E-state index is 12.8. The van der Waals surface area contributed by atoms with Crippen molar-refractivity contribution in [1.82, 2.24) is 4.90 Å². The van der Waals surface area contributed by atoms with Crippen molar-refractivity contribution in [2.24, 2.45) is 5.92 Å². The Hall–Kier alpha value is -2.24. The average molecular weight is 347 g/mol. The fourth-order valence-corrected chi connectivity index (χ4v) is 3.63. The summed E-state index contributed by atoms with van der Waals surface area (Å²) in [6.45, 7) is 0.854. The van der Waals surface area contributed by atoms with Gasteiger partial charge in [-0.2, -0.15) is 0 Å². The third-order valence-corrected chi connectivity index (χ3v) is 5.06. The monoisotopic (exact) mass is 347 g/mol. The quantitative estimate of drug-likeness (QED) is 0.886. The van der Waals surface area contributed by atoms with Crippen molar-refractivity contribution in [2.45, 2.75) is 44.6 Å². The smallest absolute Gasteiger partial charge is 0.308 e. The van der Waals surface area contributed by atoms with Crippen LogP contribution in [-0.2, 0) is 4.79 Å². The molecule has 1 heterocycles. The number of carboxylic acid groups (broad SMARTS) is 1. The number of likely N-dealkylation sites (tertiary alicyclic amines) is 1. The Morgan fingerprint density at radius 3 is 2.56 bits per heavy atom. The summed E-state index contributed by atoms with van der Waals surface area (Å²) in [7, 11) is 1.58. The number of carbonyl (C=O) groups is 2. The first-order chi connectivity index (χ1) is 12.1. The topological polar surface area (TPSA) is 76.1 Å². The van der Waals surface area contributed by atoms with E-state index in [9.17, 15) is 14.7 Å². The van der Waals surface area contributed by atoms with Crippen LogP contribution >= 0.6 is 0 Å². The third kappa shape index (κ3) is 4.06. The molecule has 0 unspecified atom stereocenters. The Balaban J connectivity index is 1.76. The largest absolute Gasteiger partial charge is 0.493 e. The molecule has 1 atom stereocenters. The molecule has 25 heavy (non-hydrogen) atoms. The number of benzene rings is 1. The molecule has 1 amide bonds. The Labute approximate surface area is 147 Å². The van der Waals surface area contributed by atoms with E-state index in [2.05, 4.69) is 0 Å². The predicted molar refractivity (Wildman–Crippen MR) is 92.1 cm³/mol. The van der Waals surface area contributed by atoms with E-state index >= 15 is 0 Å². The van der Waals surface area contributed by atoms with E-state index in [0.717, 1.165) is 25.7 Å². The molecule has 6 nitrogen and oxygen atoms in total. The van der Waals surface area contributed by atoms with Gasteiger partial charge in [-0.1, -0.05) is 0 Å². The maximum Gasteiger partial charge on any atom is 0.308 e. The minimum absolute atomic E-state index is 0.148. The molecule has 136 valence electrons. The van der Waals surface area contributed by atoms with E-state index in [4.69, 9.17) is 9.47 Å². The normalized spacial score (nSPS) is 21.2. The number of carbonyl (C=O) groups excluding carboxylic acids is 1. The van der Waals surface area contributed by atoms with Gasteiger partial charge < -0.3 is 19.5 Å². The number of methoxy groups -OCH3 is 1. The summed E-state index contributed by atoms with van der Waals surface area (Å²) in [4.78, 5) is 25.6. The average Bonchev–Trinajstić information content (AvgIpc) is 3.14. The number of aliphatic carboxylic acids is 1. The zero-order chi connectivity index (χ0) is 17.8. The first-order valence-electron chi connectivity index (χ1n) is 8.95. The number of hydrogen-bond acceptors (Lipinski definition) is 4. The molecule has 3 rings (SSSR count). The van der Waals surface area contributed by atoms with Crippen LogP contribution in [-0.4, -0.2) is 48.2 Å². The van der Waals surface area contributed by atoms with E-state index in [0.29, 0.717) is 36.4 Å². The van der Waals surface area contributed by atoms with Crippen molar-refractivity contribution in [3.05, 3.63) is 23.8 Å². The van der Waals surface area contributed by atoms with Gasteiger partial charge in [0.15, 0.2) is 11.5 Å². The molecule has 1 aliphatic heterocycles. The molecule has 1 N–H and O–H groups in total. The standard InChI is InChI=1S/C19H25NO5/c1-24-16-9-8-13(11-17(16)25-15-6-2-3-7-15)18(21)20-10-4-5-14(12-20)19(22)23/h8-9,11,14-15H,2-7,10,12H2,1H3,(H,22,23)/t14-/m0/s1. The van der Waals surface area contributed by atoms with Crippen LogP contribution in [0.5, 0.6) is 11.5 Å². The van der Waals surface area contributed by atoms with Crippen molar-refractivity contribution < 1.29 is 24.2 Å². The maximum absolute atomic E-state index is 12.8. The van der Waals surface area contributed by atoms with Crippen LogP contribution in [0.4, 0.5) is 0 Å². The van der Waals surface area contributed by atoms with Crippen LogP contribution in [0.3, 0.4) is 0 Å². The van der Waals surface area contributed by atoms with Gasteiger partial charge in [0.1, 0.15) is 0 Å². The molecule has 0 bridgehead atoms. The highest BCUT2D eigenvalue weighted by atomic mass is 16.5. The predicted octanol–water partition coefficient (Wildman–Crippen LogP) is 2.95. The number of rotatable bonds is 5. The zero-order valence-electron chi connectivity index (χ0n) is 14.6. The molecule has 1 aromatic carbocycles. The molecular formula is C19H25NO5. The summed E-state index contributed by atoms with van der Waals surface area (Å²) in [5.41, 5.74) is 0.514. The molecule has 6 heteroatoms. The van der Waals surface area contributed by atoms with E-state index in [1.807, 2.05) is 0 Å². The number of hydrogen-bond donors (Lipinski definition) is 1. The Bertz CT molecular complexity index is 639. The van der Waals surface area contributed by atoms with Crippen molar-refractivity contribution in [3.63, 3.8) is 0 Å². The van der Waals surface area contributed by atoms with Crippen LogP contribution < -0.4 is 9.47 Å². The summed E-state index contributed by atoms with van der Waals surface area (Å²) < 4.78 is 11.4. The van der Waals surface area contributed by atoms with Crippen molar-refractivity contribution in [1.29, 1.82) is 0 Å². The molecular weight excluding hydrogens is 322 g/mol. The molecule has 2 aliphatic rings. The van der Waals surface area contributed by atoms with Crippen LogP contribution in [0.1, 0.15) is 48.9 Å². The minimum Gasteiger partial charge on any atom is -0.493 e. The lowest BCUT2D eigenvalue weighted by Crippen LogP contribution is -2.42. The van der Waals surface area contributed by atoms with Crippen molar-refractivity contribution in [2.75, 3.05) is 20.2 Å². The van der Waals surface area contributed by atoms with Gasteiger partial charge in [0.25, 0.3) is 5.91 Å². The summed E-state index contributed by atoms with van der Waals surface area (Å²) >= 11 is 0. The summed E-state index contributed by atoms with van der Waals surface area (Å²) in [5, 5.41) is 9.21. The van der Waals surface area contributed by atoms with Gasteiger partial charge in [-0.05, 0) is 56.7 Å². The number of piperidine rings is 1. The Morgan fingerprint density at radius 2 is 1.88 bits per heavy atom. The van der Waals surface area contributed by atoms with Gasteiger partial charge in [-0.15, -0.1) is 0 Å². The first-order valence-corrected chi connectivity index (χ1v) is 8.95. The highest BCUT2D eigenvalue weighted by Gasteiger charge is 2.29. The summed E-state index contributed by atoms with van der Waals surface area (Å²) in [5.74, 6) is -0.259. The first kappa shape index (κ1) is 17.6. The third-order valence-electron chi connectivity index (χ3n) is 5.06. The summed E-state index contributed by atoms with van der Waals surface area (Å²) in [6, 6.07) is 5.19. The fourth-order valence-electron chi connectivity index (χ4n) is 3.63. The molecule has 0 spiro atoms. The van der Waals surface area contributed by atoms with Crippen LogP contribution in [0.15, 0.2) is 18.2 Å². The highest BCUT2D eigenvalue weighted by molar-refractivity contribution is 5.95. The molecule has 1 saturated carbocycles. The molecule has 1 aromatic rings. The van der Waals surface area contributed by atoms with Crippen LogP contribution in [0.2, 0.25) is 0 Å². The molecule has 1 saturated heterocycles. The van der Waals surface area contributed by atoms with Gasteiger partial charge in [-0.3, -0.25) is 9.59 Å². The lowest BCUT2D eigenvalue weighted by Gasteiger charge is -2.31. The minimum atomic E-state index is -0.836. The Kier molecular flexibility index (Phi) is 5.46. The van der Waals surface area contributed by atoms with E-state index < -0.39 is 11.9 Å². The second-order valence-corrected chi connectivity index (χ2v) is 6.82. The van der Waals surface area contributed by atoms with Gasteiger partial charge in [0.2, 0.25) is 0 Å². The molecule has 1 aliphatic carbocycles. The second-order valence-electron chi connectivity index (χ2n) is 6.82. The number of nitrogens with zero attached hydrogens (tertiary/aromatic N) is 1. The lowest BCUT2D eigenvalue weighted by molar-refractivity contribution is -0.143. The zero-order valence-corrected chi connectivity index (χ0v) is 14.6. The van der Waals surface area contributed by atoms with Gasteiger partial charge >= 0.3 is 5.97 Å². The van der Waals surface area contributed by atoms with Crippen LogP contribution in [0.25, 0.3) is 0 Å².